The third kappa shape index (κ3) is 5.08. The number of amides is 1. The van der Waals surface area contributed by atoms with E-state index in [-0.39, 0.29) is 5.91 Å². The van der Waals surface area contributed by atoms with Gasteiger partial charge in [0, 0.05) is 19.2 Å². The summed E-state index contributed by atoms with van der Waals surface area (Å²) >= 11 is 0. The molecule has 0 aliphatic carbocycles. The van der Waals surface area contributed by atoms with Gasteiger partial charge in [-0.3, -0.25) is 9.78 Å². The Morgan fingerprint density at radius 3 is 2.97 bits per heavy atom. The largest absolute Gasteiger partial charge is 0.493 e. The molecule has 0 saturated carbocycles. The van der Waals surface area contributed by atoms with Gasteiger partial charge in [-0.25, -0.2) is 0 Å². The van der Waals surface area contributed by atoms with Crippen molar-refractivity contribution in [3.63, 3.8) is 0 Å². The number of aromatic nitrogens is 3. The second-order valence-electron chi connectivity index (χ2n) is 7.52. The Morgan fingerprint density at radius 2 is 2.13 bits per heavy atom. The molecule has 0 unspecified atom stereocenters. The van der Waals surface area contributed by atoms with Crippen LogP contribution in [-0.2, 0) is 9.53 Å². The number of aryl methyl sites for hydroxylation is 1. The maximum absolute atomic E-state index is 12.7. The van der Waals surface area contributed by atoms with Crippen molar-refractivity contribution >= 4 is 5.91 Å². The third-order valence-electron chi connectivity index (χ3n) is 5.38. The molecule has 8 nitrogen and oxygen atoms in total. The van der Waals surface area contributed by atoms with Crippen LogP contribution in [0, 0.1) is 13.8 Å². The van der Waals surface area contributed by atoms with E-state index < -0.39 is 6.10 Å². The van der Waals surface area contributed by atoms with Crippen LogP contribution in [0.2, 0.25) is 0 Å². The molecule has 1 aromatic carbocycles. The number of hydrogen-bond acceptors (Lipinski definition) is 7. The monoisotopic (exact) mass is 422 g/mol. The van der Waals surface area contributed by atoms with E-state index in [0.29, 0.717) is 56.6 Å². The molecular weight excluding hydrogens is 396 g/mol. The van der Waals surface area contributed by atoms with Crippen molar-refractivity contribution in [3.8, 4) is 17.3 Å². The first kappa shape index (κ1) is 21.0. The molecule has 31 heavy (non-hydrogen) atoms. The third-order valence-corrected chi connectivity index (χ3v) is 5.38. The second-order valence-corrected chi connectivity index (χ2v) is 7.52. The van der Waals surface area contributed by atoms with E-state index in [1.807, 2.05) is 37.3 Å². The van der Waals surface area contributed by atoms with Gasteiger partial charge in [-0.15, -0.1) is 0 Å². The van der Waals surface area contributed by atoms with Crippen molar-refractivity contribution in [2.75, 3.05) is 26.3 Å². The maximum Gasteiger partial charge on any atom is 0.257 e. The normalized spacial score (nSPS) is 16.3. The Bertz CT molecular complexity index is 1020. The Balaban J connectivity index is 1.28. The summed E-state index contributed by atoms with van der Waals surface area (Å²) in [6.45, 7) is 5.97. The van der Waals surface area contributed by atoms with Gasteiger partial charge >= 0.3 is 0 Å². The van der Waals surface area contributed by atoms with Crippen LogP contribution in [0.1, 0.15) is 36.0 Å². The zero-order chi connectivity index (χ0) is 21.6. The van der Waals surface area contributed by atoms with Crippen LogP contribution in [0.4, 0.5) is 0 Å². The van der Waals surface area contributed by atoms with E-state index in [1.165, 1.54) is 5.56 Å². The molecular formula is C23H26N4O4. The fraction of sp³-hybridized carbons (Fsp3) is 0.391. The van der Waals surface area contributed by atoms with Gasteiger partial charge in [-0.05, 0) is 49.6 Å². The zero-order valence-electron chi connectivity index (χ0n) is 17.8. The Morgan fingerprint density at radius 1 is 1.23 bits per heavy atom. The summed E-state index contributed by atoms with van der Waals surface area (Å²) in [5.74, 6) is 1.71. The average molecular weight is 422 g/mol. The first-order valence-electron chi connectivity index (χ1n) is 10.4. The highest BCUT2D eigenvalue weighted by Gasteiger charge is 2.29. The summed E-state index contributed by atoms with van der Waals surface area (Å²) in [5, 5.41) is 3.99. The first-order valence-corrected chi connectivity index (χ1v) is 10.4. The highest BCUT2D eigenvalue weighted by atomic mass is 16.5. The van der Waals surface area contributed by atoms with Crippen molar-refractivity contribution in [3.05, 3.63) is 59.6 Å². The van der Waals surface area contributed by atoms with Crippen LogP contribution in [0.5, 0.6) is 5.75 Å². The van der Waals surface area contributed by atoms with E-state index >= 15 is 0 Å². The highest BCUT2D eigenvalue weighted by molar-refractivity contribution is 5.76. The lowest BCUT2D eigenvalue weighted by atomic mass is 10.1. The quantitative estimate of drug-likeness (QED) is 0.538. The van der Waals surface area contributed by atoms with Crippen LogP contribution in [0.25, 0.3) is 11.5 Å². The number of pyridine rings is 1. The summed E-state index contributed by atoms with van der Waals surface area (Å²) in [6.07, 6.45) is 2.31. The molecule has 3 aromatic rings. The number of ether oxygens (including phenoxy) is 2. The van der Waals surface area contributed by atoms with Crippen LogP contribution < -0.4 is 4.74 Å². The molecule has 1 aliphatic heterocycles. The predicted octanol–water partition coefficient (Wildman–Crippen LogP) is 3.51. The minimum absolute atomic E-state index is 0.0716. The molecule has 1 aliphatic rings. The Kier molecular flexibility index (Phi) is 6.57. The molecule has 1 saturated heterocycles. The number of rotatable bonds is 7. The Labute approximate surface area is 181 Å². The average Bonchev–Trinajstić information content (AvgIpc) is 3.30. The standard InChI is InChI=1S/C23H26N4O4/c1-16-7-5-9-19(17(16)2)29-13-6-10-21(28)27-12-14-30-20(15-27)23-25-22(26-31-23)18-8-3-4-11-24-18/h3-5,7-9,11,20H,6,10,12-15H2,1-2H3/t20-/m1/s1. The molecule has 0 bridgehead atoms. The van der Waals surface area contributed by atoms with Crippen LogP contribution >= 0.6 is 0 Å². The molecule has 4 rings (SSSR count). The van der Waals surface area contributed by atoms with Crippen molar-refractivity contribution in [1.29, 1.82) is 0 Å². The number of nitrogens with zero attached hydrogens (tertiary/aromatic N) is 4. The highest BCUT2D eigenvalue weighted by Crippen LogP contribution is 2.24. The molecule has 8 heteroatoms. The van der Waals surface area contributed by atoms with Gasteiger partial charge in [-0.1, -0.05) is 23.4 Å². The molecule has 0 spiro atoms. The summed E-state index contributed by atoms with van der Waals surface area (Å²) in [6, 6.07) is 11.5. The fourth-order valence-electron chi connectivity index (χ4n) is 3.43. The minimum Gasteiger partial charge on any atom is -0.493 e. The van der Waals surface area contributed by atoms with Crippen molar-refractivity contribution < 1.29 is 18.8 Å². The van der Waals surface area contributed by atoms with E-state index in [9.17, 15) is 4.79 Å². The smallest absolute Gasteiger partial charge is 0.257 e. The van der Waals surface area contributed by atoms with Crippen LogP contribution in [-0.4, -0.2) is 52.2 Å². The molecule has 0 N–H and O–H groups in total. The lowest BCUT2D eigenvalue weighted by Crippen LogP contribution is -2.42. The fourth-order valence-corrected chi connectivity index (χ4v) is 3.43. The summed E-state index contributed by atoms with van der Waals surface area (Å²) in [7, 11) is 0. The molecule has 1 fully saturated rings. The van der Waals surface area contributed by atoms with Gasteiger partial charge in [0.1, 0.15) is 11.4 Å². The maximum atomic E-state index is 12.7. The van der Waals surface area contributed by atoms with E-state index in [4.69, 9.17) is 14.0 Å². The van der Waals surface area contributed by atoms with Gasteiger partial charge in [0.15, 0.2) is 6.10 Å². The number of benzene rings is 1. The minimum atomic E-state index is -0.436. The van der Waals surface area contributed by atoms with Gasteiger partial charge in [0.2, 0.25) is 11.7 Å². The van der Waals surface area contributed by atoms with Crippen LogP contribution in [0.15, 0.2) is 47.1 Å². The second kappa shape index (κ2) is 9.70. The van der Waals surface area contributed by atoms with E-state index in [2.05, 4.69) is 28.1 Å². The summed E-state index contributed by atoms with van der Waals surface area (Å²) in [4.78, 5) is 23.1. The van der Waals surface area contributed by atoms with Gasteiger partial charge in [0.05, 0.1) is 19.8 Å². The van der Waals surface area contributed by atoms with Gasteiger partial charge in [-0.2, -0.15) is 4.98 Å². The number of carbonyl (C=O) groups is 1. The van der Waals surface area contributed by atoms with E-state index in [1.54, 1.807) is 11.1 Å². The summed E-state index contributed by atoms with van der Waals surface area (Å²) < 4.78 is 17.0. The molecule has 162 valence electrons. The molecule has 1 amide bonds. The lowest BCUT2D eigenvalue weighted by Gasteiger charge is -2.31. The number of carbonyl (C=O) groups excluding carboxylic acids is 1. The van der Waals surface area contributed by atoms with Crippen molar-refractivity contribution in [2.45, 2.75) is 32.8 Å². The molecule has 1 atom stereocenters. The molecule has 2 aromatic heterocycles. The predicted molar refractivity (Wildman–Crippen MR) is 113 cm³/mol. The van der Waals surface area contributed by atoms with Gasteiger partial charge < -0.3 is 18.9 Å². The topological polar surface area (TPSA) is 90.6 Å². The van der Waals surface area contributed by atoms with Gasteiger partial charge in [0.25, 0.3) is 5.89 Å². The number of hydrogen-bond donors (Lipinski definition) is 0. The number of morpholine rings is 1. The SMILES string of the molecule is Cc1cccc(OCCCC(=O)N2CCO[C@@H](c3nc(-c4ccccn4)no3)C2)c1C. The van der Waals surface area contributed by atoms with E-state index in [0.717, 1.165) is 11.3 Å². The molecule has 0 radical (unpaired) electrons. The Hall–Kier alpha value is -3.26. The van der Waals surface area contributed by atoms with Crippen molar-refractivity contribution in [1.82, 2.24) is 20.0 Å². The summed E-state index contributed by atoms with van der Waals surface area (Å²) in [5.41, 5.74) is 2.96. The van der Waals surface area contributed by atoms with Crippen LogP contribution in [0.3, 0.4) is 0 Å². The molecule has 3 heterocycles. The van der Waals surface area contributed by atoms with Crippen molar-refractivity contribution in [2.24, 2.45) is 0 Å². The first-order chi connectivity index (χ1) is 15.1. The zero-order valence-corrected chi connectivity index (χ0v) is 17.8. The lowest BCUT2D eigenvalue weighted by molar-refractivity contribution is -0.140.